The number of benzene rings is 1. The third kappa shape index (κ3) is 3.73. The highest BCUT2D eigenvalue weighted by molar-refractivity contribution is 7.16. The summed E-state index contributed by atoms with van der Waals surface area (Å²) >= 11 is 7.56. The van der Waals surface area contributed by atoms with Crippen molar-refractivity contribution in [3.8, 4) is 11.5 Å². The predicted octanol–water partition coefficient (Wildman–Crippen LogP) is 4.69. The van der Waals surface area contributed by atoms with Crippen LogP contribution in [0.3, 0.4) is 0 Å². The lowest BCUT2D eigenvalue weighted by Crippen LogP contribution is -2.16. The maximum Gasteiger partial charge on any atom is 0.226 e. The molecule has 1 aromatic carbocycles. The van der Waals surface area contributed by atoms with Crippen molar-refractivity contribution in [3.63, 3.8) is 0 Å². The number of thiophene rings is 1. The average molecular weight is 319 g/mol. The average Bonchev–Trinajstić information content (AvgIpc) is 3.09. The molecule has 3 nitrogen and oxygen atoms in total. The maximum absolute atomic E-state index is 5.95. The summed E-state index contributed by atoms with van der Waals surface area (Å²) in [5.74, 6) is 0.665. The van der Waals surface area contributed by atoms with E-state index in [1.54, 1.807) is 17.6 Å². The first-order valence-corrected chi connectivity index (χ1v) is 7.83. The molecule has 0 saturated carbocycles. The SMILES string of the molecule is CN(Cc1coc(-c2ccccc2)n1)Cc1ccc(Cl)s1. The van der Waals surface area contributed by atoms with Crippen LogP contribution < -0.4 is 0 Å². The normalized spacial score (nSPS) is 11.2. The molecule has 0 aliphatic rings. The Balaban J connectivity index is 1.64. The minimum atomic E-state index is 0.665. The van der Waals surface area contributed by atoms with E-state index < -0.39 is 0 Å². The van der Waals surface area contributed by atoms with Crippen molar-refractivity contribution in [2.75, 3.05) is 7.05 Å². The summed E-state index contributed by atoms with van der Waals surface area (Å²) in [5.41, 5.74) is 1.93. The highest BCUT2D eigenvalue weighted by Crippen LogP contribution is 2.23. The van der Waals surface area contributed by atoms with Gasteiger partial charge in [0.15, 0.2) is 0 Å². The Morgan fingerprint density at radius 2 is 1.95 bits per heavy atom. The summed E-state index contributed by atoms with van der Waals surface area (Å²) in [6.07, 6.45) is 1.72. The van der Waals surface area contributed by atoms with Gasteiger partial charge >= 0.3 is 0 Å². The standard InChI is InChI=1S/C16H15ClN2OS/c1-19(10-14-7-8-15(17)21-14)9-13-11-20-16(18-13)12-5-3-2-4-6-12/h2-8,11H,9-10H2,1H3. The summed E-state index contributed by atoms with van der Waals surface area (Å²) in [6, 6.07) is 13.9. The molecule has 108 valence electrons. The van der Waals surface area contributed by atoms with Crippen molar-refractivity contribution in [1.82, 2.24) is 9.88 Å². The van der Waals surface area contributed by atoms with Gasteiger partial charge in [-0.1, -0.05) is 29.8 Å². The minimum absolute atomic E-state index is 0.665. The van der Waals surface area contributed by atoms with E-state index in [0.29, 0.717) is 5.89 Å². The number of halogens is 1. The van der Waals surface area contributed by atoms with Gasteiger partial charge in [0, 0.05) is 23.5 Å². The molecular formula is C16H15ClN2OS. The number of rotatable bonds is 5. The Bertz CT molecular complexity index is 708. The number of nitrogens with zero attached hydrogens (tertiary/aromatic N) is 2. The number of oxazole rings is 1. The molecule has 3 rings (SSSR count). The number of hydrogen-bond donors (Lipinski definition) is 0. The fourth-order valence-electron chi connectivity index (χ4n) is 2.13. The molecule has 0 saturated heterocycles. The van der Waals surface area contributed by atoms with E-state index in [1.807, 2.05) is 36.4 Å². The van der Waals surface area contributed by atoms with Crippen molar-refractivity contribution in [2.24, 2.45) is 0 Å². The Hall–Kier alpha value is -1.62. The largest absolute Gasteiger partial charge is 0.444 e. The first-order chi connectivity index (χ1) is 10.2. The summed E-state index contributed by atoms with van der Waals surface area (Å²) in [7, 11) is 2.06. The highest BCUT2D eigenvalue weighted by atomic mass is 35.5. The second kappa shape index (κ2) is 6.43. The lowest BCUT2D eigenvalue weighted by molar-refractivity contribution is 0.317. The van der Waals surface area contributed by atoms with Crippen LogP contribution in [0.5, 0.6) is 0 Å². The predicted molar refractivity (Wildman–Crippen MR) is 86.4 cm³/mol. The quantitative estimate of drug-likeness (QED) is 0.683. The highest BCUT2D eigenvalue weighted by Gasteiger charge is 2.09. The third-order valence-electron chi connectivity index (χ3n) is 3.06. The summed E-state index contributed by atoms with van der Waals surface area (Å²) in [4.78, 5) is 7.97. The zero-order valence-corrected chi connectivity index (χ0v) is 13.2. The Morgan fingerprint density at radius 1 is 1.14 bits per heavy atom. The molecule has 0 unspecified atom stereocenters. The Kier molecular flexibility index (Phi) is 4.39. The third-order valence-corrected chi connectivity index (χ3v) is 4.27. The van der Waals surface area contributed by atoms with Gasteiger partial charge in [0.05, 0.1) is 10.0 Å². The molecule has 0 aliphatic heterocycles. The van der Waals surface area contributed by atoms with Gasteiger partial charge in [-0.25, -0.2) is 4.98 Å². The van der Waals surface area contributed by atoms with Crippen LogP contribution in [0.25, 0.3) is 11.5 Å². The lowest BCUT2D eigenvalue weighted by Gasteiger charge is -2.13. The van der Waals surface area contributed by atoms with Gasteiger partial charge in [0.1, 0.15) is 6.26 Å². The van der Waals surface area contributed by atoms with Crippen LogP contribution in [0.2, 0.25) is 4.34 Å². The van der Waals surface area contributed by atoms with Gasteiger partial charge in [-0.05, 0) is 31.3 Å². The first-order valence-electron chi connectivity index (χ1n) is 6.63. The van der Waals surface area contributed by atoms with Crippen molar-refractivity contribution < 1.29 is 4.42 Å². The van der Waals surface area contributed by atoms with E-state index in [0.717, 1.165) is 28.7 Å². The van der Waals surface area contributed by atoms with Crippen LogP contribution in [0.1, 0.15) is 10.6 Å². The van der Waals surface area contributed by atoms with Gasteiger partial charge in [0.25, 0.3) is 0 Å². The number of aromatic nitrogens is 1. The van der Waals surface area contributed by atoms with Gasteiger partial charge in [-0.15, -0.1) is 11.3 Å². The van der Waals surface area contributed by atoms with Crippen LogP contribution in [0, 0.1) is 0 Å². The molecular weight excluding hydrogens is 304 g/mol. The molecule has 0 N–H and O–H groups in total. The van der Waals surface area contributed by atoms with Gasteiger partial charge in [-0.2, -0.15) is 0 Å². The molecule has 0 bridgehead atoms. The Morgan fingerprint density at radius 3 is 2.67 bits per heavy atom. The fraction of sp³-hybridized carbons (Fsp3) is 0.188. The molecule has 0 amide bonds. The monoisotopic (exact) mass is 318 g/mol. The van der Waals surface area contributed by atoms with E-state index in [9.17, 15) is 0 Å². The molecule has 0 spiro atoms. The molecule has 0 atom stereocenters. The molecule has 0 fully saturated rings. The summed E-state index contributed by atoms with van der Waals surface area (Å²) < 4.78 is 6.37. The van der Waals surface area contributed by atoms with Crippen LogP contribution in [0.15, 0.2) is 53.1 Å². The molecule has 0 radical (unpaired) electrons. The van der Waals surface area contributed by atoms with Crippen LogP contribution >= 0.6 is 22.9 Å². The minimum Gasteiger partial charge on any atom is -0.444 e. The molecule has 0 aliphatic carbocycles. The van der Waals surface area contributed by atoms with Crippen molar-refractivity contribution in [3.05, 3.63) is 63.6 Å². The first kappa shape index (κ1) is 14.3. The van der Waals surface area contributed by atoms with Crippen LogP contribution in [-0.4, -0.2) is 16.9 Å². The van der Waals surface area contributed by atoms with Gasteiger partial charge in [-0.3, -0.25) is 4.90 Å². The van der Waals surface area contributed by atoms with E-state index in [4.69, 9.17) is 16.0 Å². The summed E-state index contributed by atoms with van der Waals surface area (Å²) in [5, 5.41) is 0. The second-order valence-electron chi connectivity index (χ2n) is 4.89. The lowest BCUT2D eigenvalue weighted by atomic mass is 10.2. The molecule has 2 aromatic heterocycles. The number of hydrogen-bond acceptors (Lipinski definition) is 4. The van der Waals surface area contributed by atoms with E-state index >= 15 is 0 Å². The van der Waals surface area contributed by atoms with Gasteiger partial charge < -0.3 is 4.42 Å². The molecule has 21 heavy (non-hydrogen) atoms. The molecule has 3 aromatic rings. The zero-order valence-electron chi connectivity index (χ0n) is 11.6. The Labute approximate surface area is 132 Å². The van der Waals surface area contributed by atoms with Crippen molar-refractivity contribution >= 4 is 22.9 Å². The molecule has 5 heteroatoms. The second-order valence-corrected chi connectivity index (χ2v) is 6.69. The zero-order chi connectivity index (χ0) is 14.7. The van der Waals surface area contributed by atoms with Crippen molar-refractivity contribution in [2.45, 2.75) is 13.1 Å². The maximum atomic E-state index is 5.95. The van der Waals surface area contributed by atoms with E-state index in [-0.39, 0.29) is 0 Å². The fourth-order valence-corrected chi connectivity index (χ4v) is 3.30. The van der Waals surface area contributed by atoms with Crippen LogP contribution in [-0.2, 0) is 13.1 Å². The van der Waals surface area contributed by atoms with Gasteiger partial charge in [0.2, 0.25) is 5.89 Å². The van der Waals surface area contributed by atoms with E-state index in [1.165, 1.54) is 4.88 Å². The topological polar surface area (TPSA) is 29.3 Å². The van der Waals surface area contributed by atoms with Crippen LogP contribution in [0.4, 0.5) is 0 Å². The van der Waals surface area contributed by atoms with E-state index in [2.05, 4.69) is 23.0 Å². The molecule has 2 heterocycles. The smallest absolute Gasteiger partial charge is 0.226 e. The van der Waals surface area contributed by atoms with Crippen molar-refractivity contribution in [1.29, 1.82) is 0 Å². The summed E-state index contributed by atoms with van der Waals surface area (Å²) in [6.45, 7) is 1.59.